The van der Waals surface area contributed by atoms with Crippen LogP contribution in [0.3, 0.4) is 0 Å². The van der Waals surface area contributed by atoms with Crippen LogP contribution in [0.5, 0.6) is 52.3 Å². The lowest BCUT2D eigenvalue weighted by Gasteiger charge is -2.30. The lowest BCUT2D eigenvalue weighted by atomic mass is 9.78. The summed E-state index contributed by atoms with van der Waals surface area (Å²) >= 11 is 0. The fourth-order valence-corrected chi connectivity index (χ4v) is 9.09. The highest BCUT2D eigenvalue weighted by Crippen LogP contribution is 2.59. The Hall–Kier alpha value is -14.8. The zero-order valence-corrected chi connectivity index (χ0v) is 62.7. The quantitative estimate of drug-likeness (QED) is 0.0204. The second kappa shape index (κ2) is 46.7. The van der Waals surface area contributed by atoms with Gasteiger partial charge in [-0.2, -0.15) is 0 Å². The highest BCUT2D eigenvalue weighted by molar-refractivity contribution is 5.91. The third kappa shape index (κ3) is 33.6. The Morgan fingerprint density at radius 1 is 0.452 bits per heavy atom. The minimum atomic E-state index is -0.766. The second-order valence-electron chi connectivity index (χ2n) is 24.2. The largest absolute Gasteiger partial charge is 0.506 e. The van der Waals surface area contributed by atoms with E-state index in [1.54, 1.807) is 0 Å². The van der Waals surface area contributed by atoms with Crippen molar-refractivity contribution in [3.05, 3.63) is 214 Å². The van der Waals surface area contributed by atoms with Crippen LogP contribution in [0.2, 0.25) is 0 Å². The van der Waals surface area contributed by atoms with Gasteiger partial charge in [-0.05, 0) is 90.4 Å². The molecule has 1 saturated heterocycles. The topological polar surface area (TPSA) is 540 Å². The maximum Gasteiger partial charge on any atom is 0.351 e. The fourth-order valence-electron chi connectivity index (χ4n) is 9.09. The maximum absolute atomic E-state index is 12.7. The molecule has 6 aromatic rings. The second-order valence-corrected chi connectivity index (χ2v) is 24.2. The smallest absolute Gasteiger partial charge is 0.351 e. The van der Waals surface area contributed by atoms with E-state index in [-0.39, 0.29) is 161 Å². The normalized spacial score (nSPS) is 15.0. The van der Waals surface area contributed by atoms with E-state index in [9.17, 15) is 81.8 Å². The predicted octanol–water partition coefficient (Wildman–Crippen LogP) is 5.37. The average molecular weight is 1600 g/mol. The highest BCUT2D eigenvalue weighted by Gasteiger charge is 2.70. The van der Waals surface area contributed by atoms with Crippen LogP contribution in [0.25, 0.3) is 0 Å². The van der Waals surface area contributed by atoms with Crippen LogP contribution in [0.15, 0.2) is 197 Å². The number of nitrogens with zero attached hydrogens (tertiary/aromatic N) is 3. The Kier molecular flexibility index (Phi) is 37.6. The van der Waals surface area contributed by atoms with Gasteiger partial charge in [-0.1, -0.05) is 45.5 Å². The molecule has 2 aliphatic carbocycles. The summed E-state index contributed by atoms with van der Waals surface area (Å²) < 4.78 is 63.7. The van der Waals surface area contributed by atoms with E-state index in [1.165, 1.54) is 133 Å². The molecule has 2 saturated carbocycles. The van der Waals surface area contributed by atoms with Gasteiger partial charge in [-0.15, -0.1) is 0 Å². The Bertz CT molecular complexity index is 4750. The number of aromatic amines is 3. The number of hydrogen-bond donors (Lipinski definition) is 6. The number of esters is 13. The molecule has 0 spiro atoms. The van der Waals surface area contributed by atoms with Crippen molar-refractivity contribution in [2.75, 3.05) is 33.0 Å². The van der Waals surface area contributed by atoms with Crippen LogP contribution < -0.4 is 45.1 Å². The van der Waals surface area contributed by atoms with Crippen molar-refractivity contribution < 1.29 is 139 Å². The van der Waals surface area contributed by atoms with Gasteiger partial charge in [0.05, 0.1) is 56.1 Å². The third-order valence-electron chi connectivity index (χ3n) is 14.4. The standard InChI is InChI=1S/C18H17NO7.4C12H13NO5.C11H11NO5/c1-7(2)16(21)25-14-9-5-10-13(18(23)26-15(10)14)12(9)17(22)24-11-4-3-8(20)6-19-11;1-8(2)12(16)17-6-5-11(15)18-9-3-4-10(14)13-7-9;1-8(2)12(16)17-6-5-11(15)18-10-4-3-9(14)7-13-10;1-8(2)12(16)17-7-5-10(14)18-9-4-3-6-13-11(9)15;1-8(2)12(16)17-7-6-11(15)18-10-5-3-4-9(14)13-10;1-7(2)11(15)16-6-10(14)17-9-4-3-8(13)5-12-9/h3-4,6,9-10,12-15,20H,1,5H2,2H3;3-4,7H,1,5-6H2,2H3,(H,13,14);3-4,7,14H,1,5-6H2,2H3;3-4,6H,1,5,7H2,2H3,(H,13,15);3-5H,1,6-7H2,2H3,(H,13,14);3-5,13H,1,6H2,2H3. The van der Waals surface area contributed by atoms with E-state index in [0.717, 1.165) is 18.6 Å². The molecule has 3 fully saturated rings. The summed E-state index contributed by atoms with van der Waals surface area (Å²) in [7, 11) is 0. The number of pyridine rings is 6. The number of ether oxygens (including phenoxy) is 13. The summed E-state index contributed by atoms with van der Waals surface area (Å²) in [5.41, 5.74) is 0.330. The summed E-state index contributed by atoms with van der Waals surface area (Å²) in [6.45, 7) is 28.7. The first-order valence-electron chi connectivity index (χ1n) is 33.8. The van der Waals surface area contributed by atoms with Crippen LogP contribution in [0.1, 0.15) is 73.6 Å². The van der Waals surface area contributed by atoms with E-state index in [2.05, 4.69) is 74.1 Å². The lowest BCUT2D eigenvalue weighted by molar-refractivity contribution is -0.160. The summed E-state index contributed by atoms with van der Waals surface area (Å²) in [6, 6.07) is 17.7. The third-order valence-corrected chi connectivity index (χ3v) is 14.4. The van der Waals surface area contributed by atoms with E-state index < -0.39 is 114 Å². The molecule has 6 atom stereocenters. The van der Waals surface area contributed by atoms with Crippen LogP contribution in [0.4, 0.5) is 0 Å². The van der Waals surface area contributed by atoms with Gasteiger partial charge in [-0.25, -0.2) is 48.5 Å². The van der Waals surface area contributed by atoms with Gasteiger partial charge in [0.15, 0.2) is 12.4 Å². The predicted molar refractivity (Wildman–Crippen MR) is 393 cm³/mol. The number of fused-ring (bicyclic) bond motifs is 1. The van der Waals surface area contributed by atoms with E-state index >= 15 is 0 Å². The van der Waals surface area contributed by atoms with Crippen LogP contribution in [-0.2, 0) is 95.5 Å². The number of aromatic nitrogens is 6. The molecule has 6 aromatic heterocycles. The van der Waals surface area contributed by atoms with Gasteiger partial charge in [0.25, 0.3) is 11.1 Å². The number of carbonyl (C=O) groups excluding carboxylic acids is 13. The molecule has 38 heteroatoms. The molecule has 38 nitrogen and oxygen atoms in total. The molecule has 2 bridgehead atoms. The number of H-pyrrole nitrogens is 3. The molecule has 0 amide bonds. The number of aromatic hydroxyl groups is 3. The molecule has 1 aliphatic heterocycles. The zero-order valence-electron chi connectivity index (χ0n) is 62.7. The van der Waals surface area contributed by atoms with Gasteiger partial charge in [0, 0.05) is 88.0 Å². The minimum absolute atomic E-state index is 0.0131. The summed E-state index contributed by atoms with van der Waals surface area (Å²) in [4.78, 5) is 199. The summed E-state index contributed by atoms with van der Waals surface area (Å²) in [6.07, 6.45) is 5.11. The molecule has 7 heterocycles. The van der Waals surface area contributed by atoms with E-state index in [1.807, 2.05) is 0 Å². The first-order valence-corrected chi connectivity index (χ1v) is 33.8. The molecule has 0 radical (unpaired) electrons. The highest BCUT2D eigenvalue weighted by atomic mass is 16.6. The fraction of sp³-hybridized carbons (Fsp3) is 0.286. The van der Waals surface area contributed by atoms with Crippen molar-refractivity contribution in [2.45, 2.75) is 85.9 Å². The molecule has 0 aromatic carbocycles. The molecular weight excluding hydrogens is 1520 g/mol. The first-order chi connectivity index (χ1) is 54.3. The molecular formula is C77H80N6O32. The summed E-state index contributed by atoms with van der Waals surface area (Å²) in [5, 5.41) is 27.2. The van der Waals surface area contributed by atoms with Gasteiger partial charge >= 0.3 is 77.6 Å². The maximum atomic E-state index is 12.7. The average Bonchev–Trinajstić information content (AvgIpc) is 1.55. The SMILES string of the molecule is C=C(C)C(=O)OC1C2CC3C1OC(=O)C3C2C(=O)Oc1ccc(O)cn1.C=C(C)C(=O)OCC(=O)Oc1ccc(O)cn1.C=C(C)C(=O)OCCC(=O)Oc1ccc(=O)[nH]c1.C=C(C)C(=O)OCCC(=O)Oc1ccc(O)cn1.C=C(C)C(=O)OCCC(=O)Oc1ccc[nH]c1=O.C=C(C)C(=O)OCCC(=O)Oc1cccc(=O)[nH]1. The van der Waals surface area contributed by atoms with Gasteiger partial charge in [-0.3, -0.25) is 48.1 Å². The zero-order chi connectivity index (χ0) is 85.6. The van der Waals surface area contributed by atoms with Gasteiger partial charge < -0.3 is 86.9 Å². The summed E-state index contributed by atoms with van der Waals surface area (Å²) in [5.74, 6) is -9.40. The lowest BCUT2D eigenvalue weighted by Crippen LogP contribution is -2.44. The van der Waals surface area contributed by atoms with Crippen molar-refractivity contribution in [2.24, 2.45) is 23.7 Å². The molecule has 6 unspecified atom stereocenters. The molecule has 3 aliphatic rings. The molecule has 6 N–H and O–H groups in total. The number of rotatable bonds is 28. The Labute approximate surface area is 653 Å². The minimum Gasteiger partial charge on any atom is -0.506 e. The Morgan fingerprint density at radius 2 is 0.887 bits per heavy atom. The van der Waals surface area contributed by atoms with E-state index in [4.69, 9.17) is 67.1 Å². The van der Waals surface area contributed by atoms with Gasteiger partial charge in [0.2, 0.25) is 29.1 Å². The van der Waals surface area contributed by atoms with E-state index in [0.29, 0.717) is 6.42 Å². The van der Waals surface area contributed by atoms with Crippen molar-refractivity contribution in [1.82, 2.24) is 29.9 Å². The monoisotopic (exact) mass is 1600 g/mol. The van der Waals surface area contributed by atoms with Crippen LogP contribution >= 0.6 is 0 Å². The molecule has 115 heavy (non-hydrogen) atoms. The van der Waals surface area contributed by atoms with Crippen molar-refractivity contribution in [1.29, 1.82) is 0 Å². The first kappa shape index (κ1) is 92.6. The van der Waals surface area contributed by atoms with Gasteiger partial charge in [0.1, 0.15) is 61.6 Å². The van der Waals surface area contributed by atoms with Crippen LogP contribution in [-0.4, -0.2) is 168 Å². The molecule has 610 valence electrons. The number of hydrogen-bond acceptors (Lipinski definition) is 35. The van der Waals surface area contributed by atoms with Crippen molar-refractivity contribution >= 4 is 77.6 Å². The number of nitrogens with one attached hydrogen (secondary N) is 3. The number of carbonyl (C=O) groups is 13. The Balaban J connectivity index is 0.000000293. The van der Waals surface area contributed by atoms with Crippen molar-refractivity contribution in [3.63, 3.8) is 0 Å². The van der Waals surface area contributed by atoms with Crippen LogP contribution in [0, 0.1) is 23.7 Å². The molecule has 9 rings (SSSR count). The Morgan fingerprint density at radius 3 is 1.31 bits per heavy atom. The van der Waals surface area contributed by atoms with Crippen molar-refractivity contribution in [3.8, 4) is 52.3 Å².